The van der Waals surface area contributed by atoms with Crippen molar-refractivity contribution in [1.82, 2.24) is 29.6 Å². The minimum atomic E-state index is -1.86. The molecule has 20 nitrogen and oxygen atoms in total. The summed E-state index contributed by atoms with van der Waals surface area (Å²) >= 11 is 0. The van der Waals surface area contributed by atoms with Gasteiger partial charge in [0.05, 0.1) is 6.10 Å². The van der Waals surface area contributed by atoms with E-state index >= 15 is 0 Å². The molecule has 0 radical (unpaired) electrons. The van der Waals surface area contributed by atoms with Gasteiger partial charge in [-0.25, -0.2) is 9.59 Å². The Bertz CT molecular complexity index is 1560. The van der Waals surface area contributed by atoms with Gasteiger partial charge in [-0.15, -0.1) is 0 Å². The van der Waals surface area contributed by atoms with Gasteiger partial charge < -0.3 is 55.7 Å². The zero-order chi connectivity index (χ0) is 41.3. The van der Waals surface area contributed by atoms with Crippen LogP contribution in [0.3, 0.4) is 0 Å². The van der Waals surface area contributed by atoms with E-state index in [0.29, 0.717) is 6.42 Å². The Balaban J connectivity index is 1.51. The van der Waals surface area contributed by atoms with Gasteiger partial charge in [0.1, 0.15) is 54.8 Å². The van der Waals surface area contributed by atoms with Crippen molar-refractivity contribution in [3.63, 3.8) is 0 Å². The lowest BCUT2D eigenvalue weighted by atomic mass is 9.96. The Labute approximate surface area is 325 Å². The predicted molar refractivity (Wildman–Crippen MR) is 199 cm³/mol. The van der Waals surface area contributed by atoms with Crippen LogP contribution in [-0.4, -0.2) is 176 Å². The number of aromatic nitrogens is 2. The molecule has 0 bridgehead atoms. The molecule has 4 rings (SSSR count). The zero-order valence-electron chi connectivity index (χ0n) is 32.6. The average molecular weight is 800 g/mol. The highest BCUT2D eigenvalue weighted by Gasteiger charge is 2.55. The van der Waals surface area contributed by atoms with E-state index < -0.39 is 109 Å². The molecular weight excluding hydrogens is 738 g/mol. The van der Waals surface area contributed by atoms with Crippen molar-refractivity contribution in [2.24, 2.45) is 5.73 Å². The summed E-state index contributed by atoms with van der Waals surface area (Å²) in [6.45, 7) is 1.73. The molecule has 4 heterocycles. The number of hydrogen-bond acceptors (Lipinski definition) is 15. The molecule has 3 aliphatic rings. The second kappa shape index (κ2) is 20.9. The third kappa shape index (κ3) is 10.4. The van der Waals surface area contributed by atoms with Gasteiger partial charge in [-0.1, -0.05) is 64.7 Å². The SMILES string of the molecule is CCCCCCCCCCCCN1C(=O)C([C@@H](O)CN(C)[C@H](C(=O)NC)[C@H](OC2O[C@H](CN)[C@@H](O)[C@H]2O)C2OC(n3ccc(=O)[nH]c3=O)[C@H](O)[C@@H]2O)N(C)C1=O. The van der Waals surface area contributed by atoms with Gasteiger partial charge in [-0.05, 0) is 13.5 Å². The van der Waals surface area contributed by atoms with Crippen LogP contribution in [-0.2, 0) is 23.8 Å². The van der Waals surface area contributed by atoms with Gasteiger partial charge in [0.25, 0.3) is 11.5 Å². The highest BCUT2D eigenvalue weighted by atomic mass is 16.7. The third-order valence-electron chi connectivity index (χ3n) is 10.9. The fourth-order valence-corrected chi connectivity index (χ4v) is 7.69. The number of imide groups is 1. The van der Waals surface area contributed by atoms with E-state index in [-0.39, 0.29) is 13.1 Å². The molecule has 12 atom stereocenters. The van der Waals surface area contributed by atoms with Crippen LogP contribution in [0.15, 0.2) is 21.9 Å². The number of aliphatic hydroxyl groups is 5. The standard InChI is InChI=1S/C36H61N7O13/c1-5-6-7-8-9-10-11-12-13-14-16-42-32(51)23(41(4)36(42)53)20(44)19-40(3)24(31(50)38-2)29(56-34-28(49)25(46)21(18-37)54-34)30-26(47)27(48)33(55-30)43-17-15-22(45)39-35(43)52/h15,17,20-21,23-30,33-34,44,46-49H,5-14,16,18-19,37H2,1-4H3,(H,38,50)(H,39,45,52)/t20-,21+,23?,24-,25+,26-,27+,28+,29-,30?,33?,34?/m0/s1. The van der Waals surface area contributed by atoms with Gasteiger partial charge in [0, 0.05) is 46.0 Å². The van der Waals surface area contributed by atoms with E-state index in [1.165, 1.54) is 58.1 Å². The minimum Gasteiger partial charge on any atom is -0.389 e. The number of likely N-dealkylation sites (N-methyl/N-ethyl adjacent to an activating group) is 3. The van der Waals surface area contributed by atoms with Crippen LogP contribution < -0.4 is 22.3 Å². The number of carbonyl (C=O) groups is 3. The molecule has 4 unspecified atom stereocenters. The molecule has 1 aromatic heterocycles. The topological polar surface area (TPSA) is 283 Å². The van der Waals surface area contributed by atoms with Crippen molar-refractivity contribution < 1.29 is 54.1 Å². The van der Waals surface area contributed by atoms with E-state index in [1.54, 1.807) is 0 Å². The van der Waals surface area contributed by atoms with Gasteiger partial charge in [0.15, 0.2) is 12.5 Å². The van der Waals surface area contributed by atoms with E-state index in [9.17, 15) is 49.5 Å². The normalized spacial score (nSPS) is 29.7. The summed E-state index contributed by atoms with van der Waals surface area (Å²) in [5.74, 6) is -1.37. The number of rotatable bonds is 22. The molecule has 20 heteroatoms. The molecule has 1 aromatic rings. The van der Waals surface area contributed by atoms with Gasteiger partial charge in [-0.2, -0.15) is 0 Å². The number of urea groups is 1. The number of nitrogens with one attached hydrogen (secondary N) is 2. The lowest BCUT2D eigenvalue weighted by Crippen LogP contribution is -2.61. The Morgan fingerprint density at radius 1 is 0.964 bits per heavy atom. The Morgan fingerprint density at radius 2 is 1.59 bits per heavy atom. The summed E-state index contributed by atoms with van der Waals surface area (Å²) in [4.78, 5) is 70.4. The van der Waals surface area contributed by atoms with Gasteiger partial charge in [-0.3, -0.25) is 33.7 Å². The van der Waals surface area contributed by atoms with Crippen LogP contribution in [0.1, 0.15) is 77.4 Å². The molecule has 0 saturated carbocycles. The molecule has 318 valence electrons. The number of hydrogen-bond donors (Lipinski definition) is 8. The van der Waals surface area contributed by atoms with Gasteiger partial charge in [0.2, 0.25) is 5.91 Å². The molecule has 3 fully saturated rings. The van der Waals surface area contributed by atoms with Crippen LogP contribution in [0.2, 0.25) is 0 Å². The van der Waals surface area contributed by atoms with E-state index in [1.807, 2.05) is 4.98 Å². The fourth-order valence-electron chi connectivity index (χ4n) is 7.69. The quantitative estimate of drug-likeness (QED) is 0.0446. The Morgan fingerprint density at radius 3 is 2.16 bits per heavy atom. The number of amides is 4. The van der Waals surface area contributed by atoms with Crippen molar-refractivity contribution in [1.29, 1.82) is 0 Å². The first kappa shape index (κ1) is 45.4. The third-order valence-corrected chi connectivity index (χ3v) is 10.9. The smallest absolute Gasteiger partial charge is 0.330 e. The molecule has 0 aromatic carbocycles. The first-order valence-electron chi connectivity index (χ1n) is 19.6. The van der Waals surface area contributed by atoms with Crippen LogP contribution in [0.4, 0.5) is 4.79 Å². The van der Waals surface area contributed by atoms with E-state index in [0.717, 1.165) is 52.3 Å². The van der Waals surface area contributed by atoms with Crippen LogP contribution in [0.25, 0.3) is 0 Å². The maximum atomic E-state index is 13.7. The Kier molecular flexibility index (Phi) is 17.0. The first-order chi connectivity index (χ1) is 26.7. The van der Waals surface area contributed by atoms with Crippen molar-refractivity contribution in [2.45, 2.75) is 145 Å². The number of H-pyrrole nitrogens is 1. The Hall–Kier alpha value is -3.31. The molecular formula is C36H61N7O13. The molecule has 9 N–H and O–H groups in total. The monoisotopic (exact) mass is 799 g/mol. The summed E-state index contributed by atoms with van der Waals surface area (Å²) in [6, 6.07) is -2.42. The predicted octanol–water partition coefficient (Wildman–Crippen LogP) is -2.46. The fraction of sp³-hybridized carbons (Fsp3) is 0.806. The molecule has 0 aliphatic carbocycles. The van der Waals surface area contributed by atoms with Crippen molar-refractivity contribution in [2.75, 3.05) is 40.8 Å². The number of aliphatic hydroxyl groups excluding tert-OH is 5. The minimum absolute atomic E-state index is 0.187. The lowest BCUT2D eigenvalue weighted by molar-refractivity contribution is -0.233. The second-order valence-corrected chi connectivity index (χ2v) is 14.9. The van der Waals surface area contributed by atoms with Crippen LogP contribution >= 0.6 is 0 Å². The number of unbranched alkanes of at least 4 members (excludes halogenated alkanes) is 9. The summed E-state index contributed by atoms with van der Waals surface area (Å²) in [5, 5.41) is 57.7. The van der Waals surface area contributed by atoms with E-state index in [4.69, 9.17) is 19.9 Å². The summed E-state index contributed by atoms with van der Waals surface area (Å²) in [5.41, 5.74) is 3.98. The molecule has 4 amide bonds. The highest BCUT2D eigenvalue weighted by Crippen LogP contribution is 2.35. The van der Waals surface area contributed by atoms with Crippen LogP contribution in [0, 0.1) is 0 Å². The van der Waals surface area contributed by atoms with E-state index in [2.05, 4.69) is 12.2 Å². The van der Waals surface area contributed by atoms with Gasteiger partial charge >= 0.3 is 11.7 Å². The number of ether oxygens (including phenoxy) is 3. The highest BCUT2D eigenvalue weighted by molar-refractivity contribution is 6.04. The number of carbonyl (C=O) groups excluding carboxylic acids is 3. The molecule has 3 aliphatic heterocycles. The number of nitrogens with zero attached hydrogens (tertiary/aromatic N) is 4. The summed E-state index contributed by atoms with van der Waals surface area (Å²) < 4.78 is 18.5. The number of aromatic amines is 1. The van der Waals surface area contributed by atoms with Crippen molar-refractivity contribution in [3.05, 3.63) is 33.1 Å². The molecule has 56 heavy (non-hydrogen) atoms. The molecule has 0 spiro atoms. The average Bonchev–Trinajstić information content (AvgIpc) is 3.69. The van der Waals surface area contributed by atoms with Crippen LogP contribution in [0.5, 0.6) is 0 Å². The van der Waals surface area contributed by atoms with Crippen molar-refractivity contribution in [3.8, 4) is 0 Å². The zero-order valence-corrected chi connectivity index (χ0v) is 32.6. The maximum absolute atomic E-state index is 13.7. The second-order valence-electron chi connectivity index (χ2n) is 14.9. The lowest BCUT2D eigenvalue weighted by Gasteiger charge is -2.39. The van der Waals surface area contributed by atoms with Crippen molar-refractivity contribution >= 4 is 17.8 Å². The maximum Gasteiger partial charge on any atom is 0.330 e. The summed E-state index contributed by atoms with van der Waals surface area (Å²) in [7, 11) is 4.09. The molecule has 3 saturated heterocycles. The largest absolute Gasteiger partial charge is 0.389 e. The summed E-state index contributed by atoms with van der Waals surface area (Å²) in [6.07, 6.45) is -4.25. The number of nitrogens with two attached hydrogens (primary N) is 1. The first-order valence-corrected chi connectivity index (χ1v) is 19.6.